The second-order valence-electron chi connectivity index (χ2n) is 17.3. The molecule has 12 aromatic carbocycles. The van der Waals surface area contributed by atoms with Gasteiger partial charge in [0.2, 0.25) is 0 Å². The van der Waals surface area contributed by atoms with Crippen LogP contribution in [0.4, 0.5) is 17.1 Å². The molecule has 13 aromatic rings. The first kappa shape index (κ1) is 37.8. The molecule has 66 heavy (non-hydrogen) atoms. The van der Waals surface area contributed by atoms with Crippen LogP contribution in [0.3, 0.4) is 0 Å². The Morgan fingerprint density at radius 3 is 1.47 bits per heavy atom. The van der Waals surface area contributed by atoms with Gasteiger partial charge in [0, 0.05) is 38.4 Å². The van der Waals surface area contributed by atoms with Gasteiger partial charge in [-0.25, -0.2) is 0 Å². The number of hydrogen-bond acceptors (Lipinski definition) is 1. The Labute approximate surface area is 383 Å². The van der Waals surface area contributed by atoms with E-state index in [9.17, 15) is 0 Å². The highest BCUT2D eigenvalue weighted by Gasteiger charge is 2.24. The highest BCUT2D eigenvalue weighted by atomic mass is 15.1. The lowest BCUT2D eigenvalue weighted by Gasteiger charge is -2.31. The number of nitrogens with zero attached hydrogens (tertiary/aromatic N) is 2. The maximum absolute atomic E-state index is 2.51. The van der Waals surface area contributed by atoms with Crippen molar-refractivity contribution in [2.24, 2.45) is 0 Å². The third-order valence-electron chi connectivity index (χ3n) is 13.5. The fourth-order valence-corrected chi connectivity index (χ4v) is 10.5. The summed E-state index contributed by atoms with van der Waals surface area (Å²) in [6.07, 6.45) is 0. The molecule has 0 saturated heterocycles. The molecule has 0 N–H and O–H groups in total. The second-order valence-corrected chi connectivity index (χ2v) is 17.3. The molecule has 0 radical (unpaired) electrons. The van der Waals surface area contributed by atoms with Crippen molar-refractivity contribution < 1.29 is 0 Å². The highest BCUT2D eigenvalue weighted by molar-refractivity contribution is 6.19. The molecule has 0 bridgehead atoms. The standard InChI is InChI=1S/C64H42N2/c1-3-19-46-40-49(34-32-43(46)16-1)52-38-39-63(57-27-8-7-26-56(52)57)66(61-30-13-10-24-54(61)50-35-33-44-17-2-4-20-47(44)41-50)60-29-12-9-23-53(60)48-21-15-22-51(42-48)65-62-31-14-11-28-58(62)59-37-36-45-18-5-6-25-55(45)64(59)65/h1-42H. The Morgan fingerprint density at radius 2 is 0.773 bits per heavy atom. The van der Waals surface area contributed by atoms with Crippen LogP contribution in [0.2, 0.25) is 0 Å². The van der Waals surface area contributed by atoms with Crippen molar-refractivity contribution in [3.63, 3.8) is 0 Å². The zero-order chi connectivity index (χ0) is 43.6. The summed E-state index contributed by atoms with van der Waals surface area (Å²) in [6, 6.07) is 93.5. The van der Waals surface area contributed by atoms with Crippen molar-refractivity contribution in [3.8, 4) is 39.1 Å². The zero-order valence-corrected chi connectivity index (χ0v) is 36.1. The van der Waals surface area contributed by atoms with Gasteiger partial charge >= 0.3 is 0 Å². The van der Waals surface area contributed by atoms with Crippen molar-refractivity contribution in [3.05, 3.63) is 255 Å². The first-order valence-corrected chi connectivity index (χ1v) is 22.8. The van der Waals surface area contributed by atoms with E-state index in [1.165, 1.54) is 81.6 Å². The SMILES string of the molecule is c1cc(-c2ccccc2N(c2ccccc2-c2ccc3ccccc3c2)c2ccc(-c3ccc4ccccc4c3)c3ccccc23)cc(-n2c3ccccc3c3ccc4ccccc4c32)c1. The largest absolute Gasteiger partial charge is 0.309 e. The molecule has 0 unspecified atom stereocenters. The van der Waals surface area contributed by atoms with Crippen molar-refractivity contribution in [2.75, 3.05) is 4.90 Å². The molecule has 0 spiro atoms. The summed E-state index contributed by atoms with van der Waals surface area (Å²) in [5, 5.41) is 12.3. The Balaban J connectivity index is 1.05. The quantitative estimate of drug-likeness (QED) is 0.155. The molecule has 0 fully saturated rings. The van der Waals surface area contributed by atoms with Gasteiger partial charge in [0.1, 0.15) is 0 Å². The van der Waals surface area contributed by atoms with Gasteiger partial charge in [0.25, 0.3) is 0 Å². The first-order chi connectivity index (χ1) is 32.7. The summed E-state index contributed by atoms with van der Waals surface area (Å²) < 4.78 is 2.46. The minimum absolute atomic E-state index is 1.10. The number of benzene rings is 12. The van der Waals surface area contributed by atoms with Gasteiger partial charge in [-0.3, -0.25) is 0 Å². The molecule has 2 heteroatoms. The third kappa shape index (κ3) is 6.18. The van der Waals surface area contributed by atoms with Gasteiger partial charge in [-0.1, -0.05) is 206 Å². The van der Waals surface area contributed by atoms with Crippen LogP contribution < -0.4 is 4.90 Å². The van der Waals surface area contributed by atoms with E-state index in [1.54, 1.807) is 0 Å². The van der Waals surface area contributed by atoms with Crippen LogP contribution in [0, 0.1) is 0 Å². The second kappa shape index (κ2) is 15.5. The molecule has 0 atom stereocenters. The van der Waals surface area contributed by atoms with Crippen LogP contribution in [0.1, 0.15) is 0 Å². The molecule has 0 aliphatic rings. The molecule has 13 rings (SSSR count). The van der Waals surface area contributed by atoms with Gasteiger partial charge in [-0.15, -0.1) is 0 Å². The van der Waals surface area contributed by atoms with Crippen molar-refractivity contribution in [2.45, 2.75) is 0 Å². The Hall–Kier alpha value is -8.72. The predicted molar refractivity (Wildman–Crippen MR) is 282 cm³/mol. The molecular weight excluding hydrogens is 797 g/mol. The number of anilines is 3. The van der Waals surface area contributed by atoms with E-state index in [0.717, 1.165) is 39.4 Å². The maximum atomic E-state index is 2.51. The van der Waals surface area contributed by atoms with Crippen molar-refractivity contribution in [1.82, 2.24) is 4.57 Å². The monoisotopic (exact) mass is 838 g/mol. The number of fused-ring (bicyclic) bond motifs is 8. The lowest BCUT2D eigenvalue weighted by Crippen LogP contribution is -2.13. The molecular formula is C64H42N2. The number of para-hydroxylation sites is 3. The van der Waals surface area contributed by atoms with Crippen LogP contribution in [-0.4, -0.2) is 4.57 Å². The predicted octanol–water partition coefficient (Wildman–Crippen LogP) is 17.9. The molecule has 308 valence electrons. The zero-order valence-electron chi connectivity index (χ0n) is 36.1. The fourth-order valence-electron chi connectivity index (χ4n) is 10.5. The average Bonchev–Trinajstić information content (AvgIpc) is 3.74. The van der Waals surface area contributed by atoms with E-state index in [0.29, 0.717) is 0 Å². The molecule has 0 aliphatic carbocycles. The lowest BCUT2D eigenvalue weighted by molar-refractivity contribution is 1.19. The van der Waals surface area contributed by atoms with Crippen LogP contribution in [0.25, 0.3) is 104 Å². The summed E-state index contributed by atoms with van der Waals surface area (Å²) in [4.78, 5) is 2.51. The van der Waals surface area contributed by atoms with Crippen molar-refractivity contribution >= 4 is 82.0 Å². The van der Waals surface area contributed by atoms with E-state index in [1.807, 2.05) is 0 Å². The minimum atomic E-state index is 1.10. The third-order valence-corrected chi connectivity index (χ3v) is 13.5. The molecule has 1 heterocycles. The van der Waals surface area contributed by atoms with Crippen molar-refractivity contribution in [1.29, 1.82) is 0 Å². The van der Waals surface area contributed by atoms with E-state index in [-0.39, 0.29) is 0 Å². The molecule has 1 aromatic heterocycles. The normalized spacial score (nSPS) is 11.6. The first-order valence-electron chi connectivity index (χ1n) is 22.8. The maximum Gasteiger partial charge on any atom is 0.0619 e. The number of rotatable bonds is 7. The molecule has 0 amide bonds. The van der Waals surface area contributed by atoms with Gasteiger partial charge in [0.15, 0.2) is 0 Å². The van der Waals surface area contributed by atoms with Gasteiger partial charge < -0.3 is 9.47 Å². The van der Waals surface area contributed by atoms with E-state index >= 15 is 0 Å². The highest BCUT2D eigenvalue weighted by Crippen LogP contribution is 2.49. The summed E-state index contributed by atoms with van der Waals surface area (Å²) in [7, 11) is 0. The Kier molecular flexibility index (Phi) is 8.89. The molecule has 0 saturated carbocycles. The summed E-state index contributed by atoms with van der Waals surface area (Å²) in [5.74, 6) is 0. The van der Waals surface area contributed by atoms with Gasteiger partial charge in [-0.05, 0) is 103 Å². The Bertz CT molecular complexity index is 4020. The van der Waals surface area contributed by atoms with Crippen LogP contribution in [-0.2, 0) is 0 Å². The lowest BCUT2D eigenvalue weighted by atomic mass is 9.93. The minimum Gasteiger partial charge on any atom is -0.309 e. The Morgan fingerprint density at radius 1 is 0.258 bits per heavy atom. The topological polar surface area (TPSA) is 8.17 Å². The van der Waals surface area contributed by atoms with Crippen LogP contribution in [0.5, 0.6) is 0 Å². The van der Waals surface area contributed by atoms with Crippen LogP contribution in [0.15, 0.2) is 255 Å². The van der Waals surface area contributed by atoms with Gasteiger partial charge in [0.05, 0.1) is 28.1 Å². The van der Waals surface area contributed by atoms with E-state index < -0.39 is 0 Å². The molecule has 0 aliphatic heterocycles. The number of hydrogen-bond donors (Lipinski definition) is 0. The smallest absolute Gasteiger partial charge is 0.0619 e. The van der Waals surface area contributed by atoms with Gasteiger partial charge in [-0.2, -0.15) is 0 Å². The summed E-state index contributed by atoms with van der Waals surface area (Å²) >= 11 is 0. The molecule has 2 nitrogen and oxygen atoms in total. The summed E-state index contributed by atoms with van der Waals surface area (Å²) in [5.41, 5.74) is 13.9. The van der Waals surface area contributed by atoms with E-state index in [2.05, 4.69) is 264 Å². The fraction of sp³-hybridized carbons (Fsp3) is 0. The average molecular weight is 839 g/mol. The van der Waals surface area contributed by atoms with Crippen LogP contribution >= 0.6 is 0 Å². The summed E-state index contributed by atoms with van der Waals surface area (Å²) in [6.45, 7) is 0. The number of aromatic nitrogens is 1. The van der Waals surface area contributed by atoms with E-state index in [4.69, 9.17) is 0 Å².